The lowest BCUT2D eigenvalue weighted by Crippen LogP contribution is -2.40. The van der Waals surface area contributed by atoms with Gasteiger partial charge >= 0.3 is 6.18 Å². The Morgan fingerprint density at radius 2 is 1.76 bits per heavy atom. The molecule has 1 aromatic heterocycles. The highest BCUT2D eigenvalue weighted by atomic mass is 32.2. The Hall–Kier alpha value is -2.67. The maximum absolute atomic E-state index is 13.1. The molecule has 1 aromatic carbocycles. The molecule has 3 heterocycles. The molecule has 2 aliphatic heterocycles. The van der Waals surface area contributed by atoms with Crippen molar-refractivity contribution in [1.29, 1.82) is 0 Å². The predicted octanol–water partition coefficient (Wildman–Crippen LogP) is 2.64. The van der Waals surface area contributed by atoms with Crippen molar-refractivity contribution < 1.29 is 30.5 Å². The van der Waals surface area contributed by atoms with Gasteiger partial charge in [-0.1, -0.05) is 12.1 Å². The summed E-state index contributed by atoms with van der Waals surface area (Å²) >= 11 is 0. The van der Waals surface area contributed by atoms with Crippen LogP contribution in [0, 0.1) is 0 Å². The zero-order valence-electron chi connectivity index (χ0n) is 18.0. The summed E-state index contributed by atoms with van der Waals surface area (Å²) in [7, 11) is -3.48. The van der Waals surface area contributed by atoms with Gasteiger partial charge in [0.25, 0.3) is 15.9 Å². The zero-order valence-corrected chi connectivity index (χ0v) is 18.8. The van der Waals surface area contributed by atoms with Gasteiger partial charge in [0.15, 0.2) is 5.82 Å². The van der Waals surface area contributed by atoms with Crippen LogP contribution < -0.4 is 4.74 Å². The molecule has 0 N–H and O–H groups in total. The number of benzene rings is 1. The van der Waals surface area contributed by atoms with Crippen LogP contribution in [0.4, 0.5) is 13.2 Å². The number of rotatable bonds is 6. The Morgan fingerprint density at radius 3 is 2.39 bits per heavy atom. The lowest BCUT2D eigenvalue weighted by Gasteiger charge is -2.35. The van der Waals surface area contributed by atoms with Gasteiger partial charge in [0, 0.05) is 25.9 Å². The molecule has 0 atom stereocenters. The van der Waals surface area contributed by atoms with E-state index < -0.39 is 22.1 Å². The second-order valence-corrected chi connectivity index (χ2v) is 9.61. The van der Waals surface area contributed by atoms with Gasteiger partial charge in [-0.2, -0.15) is 31.4 Å². The van der Waals surface area contributed by atoms with E-state index in [1.54, 1.807) is 0 Å². The van der Waals surface area contributed by atoms with E-state index in [1.807, 2.05) is 29.2 Å². The molecular weight excluding hydrogens is 463 g/mol. The van der Waals surface area contributed by atoms with Gasteiger partial charge in [0.05, 0.1) is 6.26 Å². The normalized spacial score (nSPS) is 17.6. The smallest absolute Gasteiger partial charge is 0.453 e. The van der Waals surface area contributed by atoms with E-state index in [9.17, 15) is 21.6 Å². The van der Waals surface area contributed by atoms with E-state index in [4.69, 9.17) is 4.74 Å². The summed E-state index contributed by atoms with van der Waals surface area (Å²) < 4.78 is 72.2. The third kappa shape index (κ3) is 5.82. The average molecular weight is 488 g/mol. The van der Waals surface area contributed by atoms with E-state index in [0.717, 1.165) is 29.3 Å². The van der Waals surface area contributed by atoms with E-state index >= 15 is 0 Å². The first-order valence-corrected chi connectivity index (χ1v) is 12.3. The predicted molar refractivity (Wildman–Crippen MR) is 112 cm³/mol. The van der Waals surface area contributed by atoms with Crippen molar-refractivity contribution in [2.75, 3.05) is 32.6 Å². The van der Waals surface area contributed by atoms with Crippen LogP contribution in [0.2, 0.25) is 0 Å². The summed E-state index contributed by atoms with van der Waals surface area (Å²) in [6, 6.07) is 7.62. The summed E-state index contributed by atoms with van der Waals surface area (Å²) in [5.41, 5.74) is 1.15. The van der Waals surface area contributed by atoms with E-state index in [-0.39, 0.29) is 19.0 Å². The number of ether oxygens (including phenoxy) is 1. The third-order valence-electron chi connectivity index (χ3n) is 5.61. The average Bonchev–Trinajstić information content (AvgIpc) is 3.21. The number of hydrogen-bond acceptors (Lipinski definition) is 8. The number of hydrogen-bond donors (Lipinski definition) is 0. The molecule has 9 nitrogen and oxygen atoms in total. The number of aromatic nitrogens is 3. The highest BCUT2D eigenvalue weighted by molar-refractivity contribution is 7.85. The van der Waals surface area contributed by atoms with Crippen LogP contribution in [0.1, 0.15) is 42.4 Å². The van der Waals surface area contributed by atoms with Crippen LogP contribution >= 0.6 is 0 Å². The zero-order chi connectivity index (χ0) is 23.6. The molecule has 0 aliphatic carbocycles. The molecule has 0 unspecified atom stereocenters. The van der Waals surface area contributed by atoms with Gasteiger partial charge < -0.3 is 9.64 Å². The Morgan fingerprint density at radius 1 is 1.06 bits per heavy atom. The molecule has 4 rings (SSSR count). The number of alkyl halides is 3. The summed E-state index contributed by atoms with van der Waals surface area (Å²) in [5.74, 6) is 0.714. The van der Waals surface area contributed by atoms with Gasteiger partial charge in [0.2, 0.25) is 0 Å². The highest BCUT2D eigenvalue weighted by Crippen LogP contribution is 2.32. The Bertz CT molecular complexity index is 1110. The van der Waals surface area contributed by atoms with Crippen molar-refractivity contribution in [2.24, 2.45) is 5.10 Å². The highest BCUT2D eigenvalue weighted by Gasteiger charge is 2.40. The van der Waals surface area contributed by atoms with Crippen molar-refractivity contribution in [1.82, 2.24) is 19.8 Å². The summed E-state index contributed by atoms with van der Waals surface area (Å²) in [6.07, 6.45) is -1.000. The van der Waals surface area contributed by atoms with Crippen molar-refractivity contribution in [2.45, 2.75) is 37.8 Å². The number of piperidine rings is 1. The molecule has 0 amide bonds. The number of nitrogens with zero attached hydrogens (tertiary/aromatic N) is 5. The topological polar surface area (TPSA) is 98.9 Å². The van der Waals surface area contributed by atoms with E-state index in [2.05, 4.69) is 19.5 Å². The standard InChI is InChI=1S/C20H24F3N5O4S/c1-33(29,30)32-13-12-31-16-4-2-14(3-5-16)15-8-10-27(11-9-15)18-7-6-17-24-25-19(20(21,22)23)28(17)26-18/h2-5,15H,6-13H2,1H3. The monoisotopic (exact) mass is 487 g/mol. The summed E-state index contributed by atoms with van der Waals surface area (Å²) in [5, 5.41) is 11.1. The van der Waals surface area contributed by atoms with E-state index in [1.165, 1.54) is 0 Å². The van der Waals surface area contributed by atoms with Gasteiger partial charge in [-0.3, -0.25) is 4.18 Å². The molecular formula is C20H24F3N5O4S. The molecule has 13 heteroatoms. The van der Waals surface area contributed by atoms with Gasteiger partial charge in [0.1, 0.15) is 24.8 Å². The molecule has 2 aliphatic rings. The van der Waals surface area contributed by atoms with Gasteiger partial charge in [-0.25, -0.2) is 0 Å². The first-order valence-electron chi connectivity index (χ1n) is 10.5. The van der Waals surface area contributed by atoms with Crippen LogP contribution in [0.15, 0.2) is 29.4 Å². The molecule has 0 bridgehead atoms. The van der Waals surface area contributed by atoms with Crippen molar-refractivity contribution in [3.8, 4) is 5.75 Å². The third-order valence-corrected chi connectivity index (χ3v) is 6.20. The van der Waals surface area contributed by atoms with Crippen molar-refractivity contribution >= 4 is 16.0 Å². The minimum absolute atomic E-state index is 0.0516. The molecule has 0 saturated carbocycles. The fourth-order valence-electron chi connectivity index (χ4n) is 4.01. The van der Waals surface area contributed by atoms with Crippen LogP contribution in [-0.4, -0.2) is 66.6 Å². The number of amidine groups is 1. The summed E-state index contributed by atoms with van der Waals surface area (Å²) in [6.45, 7) is 1.47. The maximum atomic E-state index is 13.1. The number of fused-ring (bicyclic) bond motifs is 1. The second-order valence-electron chi connectivity index (χ2n) is 7.97. The quantitative estimate of drug-likeness (QED) is 0.456. The van der Waals surface area contributed by atoms with Crippen LogP contribution in [0.3, 0.4) is 0 Å². The molecule has 0 radical (unpaired) electrons. The van der Waals surface area contributed by atoms with Crippen molar-refractivity contribution in [3.05, 3.63) is 41.5 Å². The minimum Gasteiger partial charge on any atom is -0.491 e. The van der Waals surface area contributed by atoms with Gasteiger partial charge in [-0.15, -0.1) is 10.2 Å². The molecule has 180 valence electrons. The SMILES string of the molecule is CS(=O)(=O)OCCOc1ccc(C2CCN(C3=Nn4c(nnc4C(F)(F)F)CC3)CC2)cc1. The fourth-order valence-corrected chi connectivity index (χ4v) is 4.38. The molecule has 1 saturated heterocycles. The van der Waals surface area contributed by atoms with Crippen molar-refractivity contribution in [3.63, 3.8) is 0 Å². The number of aryl methyl sites for hydroxylation is 1. The first kappa shape index (κ1) is 23.5. The lowest BCUT2D eigenvalue weighted by molar-refractivity contribution is -0.147. The van der Waals surface area contributed by atoms with Crippen LogP contribution in [-0.2, 0) is 26.9 Å². The Balaban J connectivity index is 1.32. The Kier molecular flexibility index (Phi) is 6.61. The largest absolute Gasteiger partial charge is 0.491 e. The lowest BCUT2D eigenvalue weighted by atomic mass is 9.89. The van der Waals surface area contributed by atoms with Crippen LogP contribution in [0.25, 0.3) is 0 Å². The van der Waals surface area contributed by atoms with Gasteiger partial charge in [-0.05, 0) is 36.5 Å². The second kappa shape index (κ2) is 9.29. The summed E-state index contributed by atoms with van der Waals surface area (Å²) in [4.78, 5) is 2.04. The number of halogens is 3. The molecule has 0 spiro atoms. The molecule has 33 heavy (non-hydrogen) atoms. The number of likely N-dealkylation sites (tertiary alicyclic amines) is 1. The van der Waals surface area contributed by atoms with Crippen LogP contribution in [0.5, 0.6) is 5.75 Å². The van der Waals surface area contributed by atoms with E-state index in [0.29, 0.717) is 43.4 Å². The Labute approximate surface area is 189 Å². The first-order chi connectivity index (χ1) is 15.6. The molecule has 1 fully saturated rings. The maximum Gasteiger partial charge on any atom is 0.453 e. The fraction of sp³-hybridized carbons (Fsp3) is 0.550. The minimum atomic E-state index is -4.60. The molecule has 2 aromatic rings.